The quantitative estimate of drug-likeness (QED) is 0.243. The minimum absolute atomic E-state index is 0.0523. The third kappa shape index (κ3) is 7.31. The van der Waals surface area contributed by atoms with Crippen LogP contribution in [0.1, 0.15) is 36.8 Å². The maximum Gasteiger partial charge on any atom is 0.416 e. The first-order chi connectivity index (χ1) is 19.2. The summed E-state index contributed by atoms with van der Waals surface area (Å²) in [5.41, 5.74) is 2.71. The van der Waals surface area contributed by atoms with Crippen LogP contribution in [0, 0.1) is 0 Å². The van der Waals surface area contributed by atoms with Gasteiger partial charge in [0.25, 0.3) is 0 Å². The first-order valence-corrected chi connectivity index (χ1v) is 13.5. The van der Waals surface area contributed by atoms with Gasteiger partial charge < -0.3 is 26.2 Å². The van der Waals surface area contributed by atoms with Gasteiger partial charge in [-0.25, -0.2) is 4.79 Å². The molecule has 0 aromatic heterocycles. The number of nitrogens with one attached hydrogen (secondary N) is 2. The molecule has 0 radical (unpaired) electrons. The number of piperazine rings is 1. The van der Waals surface area contributed by atoms with E-state index in [2.05, 4.69) is 10.6 Å². The average molecular weight is 626 g/mol. The van der Waals surface area contributed by atoms with Crippen molar-refractivity contribution in [1.82, 2.24) is 9.80 Å². The second kappa shape index (κ2) is 12.1. The standard InChI is InChI=1S/C26H27Cl2F6N5O2/c27-20-5-4-16(11-21(20)28)37-24(41)39-13-19-10-18(12-38(19)23(40)22(39)3-1-2-6-35)36-17-8-14(25(29,30)31)7-15(9-17)26(32,33)34/h4-5,7-9,11,18-19,22,36H,1-3,6,10,12-13,35H2,(H,37,41)/t18-,19-,22-/m1/s1. The Morgan fingerprint density at radius 2 is 1.59 bits per heavy atom. The van der Waals surface area contributed by atoms with Crippen LogP contribution in [0.3, 0.4) is 0 Å². The zero-order valence-corrected chi connectivity index (χ0v) is 23.0. The number of nitrogens with two attached hydrogens (primary N) is 1. The molecule has 7 nitrogen and oxygen atoms in total. The van der Waals surface area contributed by atoms with Crippen molar-refractivity contribution in [2.75, 3.05) is 30.3 Å². The molecule has 2 aromatic carbocycles. The molecule has 3 atom stereocenters. The molecule has 2 saturated heterocycles. The number of benzene rings is 2. The van der Waals surface area contributed by atoms with Gasteiger partial charge >= 0.3 is 18.4 Å². The molecule has 41 heavy (non-hydrogen) atoms. The Hall–Kier alpha value is -2.90. The number of hydrogen-bond acceptors (Lipinski definition) is 4. The fourth-order valence-corrected chi connectivity index (χ4v) is 5.47. The minimum Gasteiger partial charge on any atom is -0.380 e. The van der Waals surface area contributed by atoms with Crippen LogP contribution < -0.4 is 16.4 Å². The van der Waals surface area contributed by atoms with E-state index < -0.39 is 47.6 Å². The van der Waals surface area contributed by atoms with Gasteiger partial charge in [-0.05, 0) is 68.6 Å². The molecule has 0 bridgehead atoms. The van der Waals surface area contributed by atoms with Gasteiger partial charge in [0.15, 0.2) is 0 Å². The van der Waals surface area contributed by atoms with Gasteiger partial charge in [-0.3, -0.25) is 4.79 Å². The lowest BCUT2D eigenvalue weighted by Gasteiger charge is -2.42. The van der Waals surface area contributed by atoms with Gasteiger partial charge in [-0.2, -0.15) is 26.3 Å². The molecule has 4 N–H and O–H groups in total. The van der Waals surface area contributed by atoms with Crippen LogP contribution >= 0.6 is 23.2 Å². The number of carbonyl (C=O) groups excluding carboxylic acids is 2. The number of urea groups is 1. The zero-order valence-electron chi connectivity index (χ0n) is 21.5. The molecule has 2 aliphatic heterocycles. The second-order valence-corrected chi connectivity index (χ2v) is 10.8. The topological polar surface area (TPSA) is 90.7 Å². The smallest absolute Gasteiger partial charge is 0.380 e. The normalized spacial score (nSPS) is 21.2. The maximum atomic E-state index is 13.5. The fraction of sp³-hybridized carbons (Fsp3) is 0.462. The highest BCUT2D eigenvalue weighted by molar-refractivity contribution is 6.42. The number of nitrogens with zero attached hydrogens (tertiary/aromatic N) is 2. The number of alkyl halides is 6. The molecule has 4 rings (SSSR count). The molecular formula is C26H27Cl2F6N5O2. The summed E-state index contributed by atoms with van der Waals surface area (Å²) in [6, 6.07) is 3.27. The summed E-state index contributed by atoms with van der Waals surface area (Å²) in [7, 11) is 0. The Morgan fingerprint density at radius 3 is 2.17 bits per heavy atom. The molecule has 224 valence electrons. The van der Waals surface area contributed by atoms with E-state index in [1.807, 2.05) is 0 Å². The average Bonchev–Trinajstić information content (AvgIpc) is 3.29. The van der Waals surface area contributed by atoms with Gasteiger partial charge in [0.2, 0.25) is 5.91 Å². The third-order valence-corrected chi connectivity index (χ3v) is 7.83. The number of unbranched alkanes of at least 4 members (excludes halogenated alkanes) is 1. The molecule has 2 heterocycles. The lowest BCUT2D eigenvalue weighted by atomic mass is 10.0. The van der Waals surface area contributed by atoms with Crippen LogP contribution in [-0.2, 0) is 17.1 Å². The van der Waals surface area contributed by atoms with E-state index in [4.69, 9.17) is 28.9 Å². The molecular weight excluding hydrogens is 599 g/mol. The van der Waals surface area contributed by atoms with Crippen LogP contribution in [-0.4, -0.2) is 59.5 Å². The van der Waals surface area contributed by atoms with E-state index in [0.717, 1.165) is 0 Å². The van der Waals surface area contributed by atoms with E-state index in [9.17, 15) is 35.9 Å². The van der Waals surface area contributed by atoms with Gasteiger partial charge in [0, 0.05) is 30.5 Å². The minimum atomic E-state index is -4.99. The second-order valence-electron chi connectivity index (χ2n) is 10.0. The number of carbonyl (C=O) groups is 2. The number of halogens is 8. The fourth-order valence-electron chi connectivity index (χ4n) is 5.17. The summed E-state index contributed by atoms with van der Waals surface area (Å²) in [6.45, 7) is 0.559. The van der Waals surface area contributed by atoms with Crippen molar-refractivity contribution in [2.24, 2.45) is 5.73 Å². The molecule has 15 heteroatoms. The Bertz CT molecular complexity index is 1260. The highest BCUT2D eigenvalue weighted by Gasteiger charge is 2.47. The molecule has 0 saturated carbocycles. The summed E-state index contributed by atoms with van der Waals surface area (Å²) in [5.74, 6) is -0.355. The molecule has 0 spiro atoms. The van der Waals surface area contributed by atoms with Gasteiger partial charge in [-0.15, -0.1) is 0 Å². The van der Waals surface area contributed by atoms with E-state index in [0.29, 0.717) is 48.6 Å². The lowest BCUT2D eigenvalue weighted by molar-refractivity contribution is -0.143. The largest absolute Gasteiger partial charge is 0.416 e. The lowest BCUT2D eigenvalue weighted by Crippen LogP contribution is -2.61. The third-order valence-electron chi connectivity index (χ3n) is 7.09. The highest BCUT2D eigenvalue weighted by Crippen LogP contribution is 2.38. The van der Waals surface area contributed by atoms with Crippen LogP contribution in [0.4, 0.5) is 42.5 Å². The first kappa shape index (κ1) is 31.0. The van der Waals surface area contributed by atoms with Gasteiger partial charge in [0.05, 0.1) is 27.2 Å². The van der Waals surface area contributed by atoms with Crippen molar-refractivity contribution in [2.45, 2.75) is 56.2 Å². The Morgan fingerprint density at radius 1 is 0.927 bits per heavy atom. The number of amides is 3. The summed E-state index contributed by atoms with van der Waals surface area (Å²) in [4.78, 5) is 29.8. The van der Waals surface area contributed by atoms with Crippen LogP contribution in [0.5, 0.6) is 0 Å². The summed E-state index contributed by atoms with van der Waals surface area (Å²) >= 11 is 12.0. The highest BCUT2D eigenvalue weighted by atomic mass is 35.5. The van der Waals surface area contributed by atoms with E-state index >= 15 is 0 Å². The summed E-state index contributed by atoms with van der Waals surface area (Å²) in [5, 5.41) is 5.97. The van der Waals surface area contributed by atoms with Crippen molar-refractivity contribution in [3.8, 4) is 0 Å². The number of anilines is 2. The van der Waals surface area contributed by atoms with Crippen LogP contribution in [0.25, 0.3) is 0 Å². The predicted octanol–water partition coefficient (Wildman–Crippen LogP) is 6.46. The van der Waals surface area contributed by atoms with Crippen molar-refractivity contribution in [3.05, 3.63) is 57.6 Å². The van der Waals surface area contributed by atoms with Crippen molar-refractivity contribution >= 4 is 46.5 Å². The maximum absolute atomic E-state index is 13.5. The van der Waals surface area contributed by atoms with E-state index in [1.165, 1.54) is 21.9 Å². The van der Waals surface area contributed by atoms with Gasteiger partial charge in [0.1, 0.15) is 6.04 Å². The van der Waals surface area contributed by atoms with Crippen LogP contribution in [0.15, 0.2) is 36.4 Å². The molecule has 3 amide bonds. The molecule has 2 aliphatic rings. The van der Waals surface area contributed by atoms with Crippen molar-refractivity contribution in [3.63, 3.8) is 0 Å². The van der Waals surface area contributed by atoms with Gasteiger partial charge in [-0.1, -0.05) is 23.2 Å². The van der Waals surface area contributed by atoms with Crippen LogP contribution in [0.2, 0.25) is 10.0 Å². The Labute approximate surface area is 241 Å². The molecule has 0 unspecified atom stereocenters. The predicted molar refractivity (Wildman–Crippen MR) is 143 cm³/mol. The molecule has 2 aromatic rings. The Kier molecular flexibility index (Phi) is 9.19. The Balaban J connectivity index is 1.54. The van der Waals surface area contributed by atoms with E-state index in [-0.39, 0.29) is 42.2 Å². The number of rotatable bonds is 7. The summed E-state index contributed by atoms with van der Waals surface area (Å²) < 4.78 is 79.9. The zero-order chi connectivity index (χ0) is 30.1. The van der Waals surface area contributed by atoms with Crippen molar-refractivity contribution < 1.29 is 35.9 Å². The number of hydrogen-bond donors (Lipinski definition) is 3. The van der Waals surface area contributed by atoms with Crippen molar-refractivity contribution in [1.29, 1.82) is 0 Å². The first-order valence-electron chi connectivity index (χ1n) is 12.8. The summed E-state index contributed by atoms with van der Waals surface area (Å²) in [6.07, 6.45) is -8.26. The van der Waals surface area contributed by atoms with E-state index in [1.54, 1.807) is 6.07 Å². The molecule has 0 aliphatic carbocycles. The number of fused-ring (bicyclic) bond motifs is 1. The molecule has 2 fully saturated rings. The SMILES string of the molecule is NCCCC[C@@H]1C(=O)N2C[C@H](Nc3cc(C(F)(F)F)cc(C(F)(F)F)c3)C[C@@H]2CN1C(=O)Nc1ccc(Cl)c(Cl)c1. The monoisotopic (exact) mass is 625 g/mol.